The van der Waals surface area contributed by atoms with E-state index in [1.54, 1.807) is 0 Å². The lowest BCUT2D eigenvalue weighted by molar-refractivity contribution is -0.119. The van der Waals surface area contributed by atoms with Gasteiger partial charge in [0, 0.05) is 25.2 Å². The summed E-state index contributed by atoms with van der Waals surface area (Å²) in [5, 5.41) is 5.69. The van der Waals surface area contributed by atoms with Crippen LogP contribution in [0.5, 0.6) is 5.75 Å². The molecular formula is C17H25Cl2N3O2. The minimum Gasteiger partial charge on any atom is -0.483 e. The van der Waals surface area contributed by atoms with Gasteiger partial charge in [-0.2, -0.15) is 0 Å². The van der Waals surface area contributed by atoms with Gasteiger partial charge in [0.05, 0.1) is 0 Å². The lowest BCUT2D eigenvalue weighted by atomic mass is 10.0. The van der Waals surface area contributed by atoms with Gasteiger partial charge in [0.25, 0.3) is 5.91 Å². The molecule has 134 valence electrons. The Kier molecular flexibility index (Phi) is 10.4. The van der Waals surface area contributed by atoms with Crippen LogP contribution in [0.1, 0.15) is 5.56 Å². The molecule has 0 saturated heterocycles. The van der Waals surface area contributed by atoms with E-state index in [0.717, 1.165) is 29.4 Å². The molecule has 5 nitrogen and oxygen atoms in total. The van der Waals surface area contributed by atoms with Crippen LogP contribution in [0.2, 0.25) is 0 Å². The van der Waals surface area contributed by atoms with E-state index in [1.165, 1.54) is 0 Å². The normalized spacial score (nSPS) is 10.1. The first kappa shape index (κ1) is 22.5. The molecule has 0 bridgehead atoms. The second-order valence-electron chi connectivity index (χ2n) is 5.50. The second-order valence-corrected chi connectivity index (χ2v) is 5.50. The molecule has 0 atom stereocenters. The standard InChI is InChI=1S/C17H23N3O2.2ClH/c1-20(2)10-9-19-11-15-14-6-4-3-5-13(14)7-8-16(15)22-12-17(18)21;;/h3-8,19H,9-12H2,1-2H3,(H2,18,21);2*1H. The maximum absolute atomic E-state index is 11.0. The van der Waals surface area contributed by atoms with Gasteiger partial charge >= 0.3 is 0 Å². The summed E-state index contributed by atoms with van der Waals surface area (Å²) in [5.41, 5.74) is 6.23. The molecule has 0 fully saturated rings. The smallest absolute Gasteiger partial charge is 0.255 e. The first-order valence-electron chi connectivity index (χ1n) is 7.35. The van der Waals surface area contributed by atoms with Crippen LogP contribution in [0.4, 0.5) is 0 Å². The predicted octanol–water partition coefficient (Wildman–Crippen LogP) is 2.20. The van der Waals surface area contributed by atoms with Gasteiger partial charge in [-0.25, -0.2) is 0 Å². The van der Waals surface area contributed by atoms with E-state index in [0.29, 0.717) is 12.3 Å². The molecule has 2 aromatic rings. The van der Waals surface area contributed by atoms with Crippen molar-refractivity contribution in [3.8, 4) is 5.75 Å². The summed E-state index contributed by atoms with van der Waals surface area (Å²) >= 11 is 0. The van der Waals surface area contributed by atoms with Crippen molar-refractivity contribution in [2.75, 3.05) is 33.8 Å². The molecule has 0 aliphatic carbocycles. The molecule has 0 aliphatic heterocycles. The molecular weight excluding hydrogens is 349 g/mol. The Morgan fingerprint density at radius 2 is 1.88 bits per heavy atom. The number of nitrogens with zero attached hydrogens (tertiary/aromatic N) is 1. The summed E-state index contributed by atoms with van der Waals surface area (Å²) in [7, 11) is 4.09. The average Bonchev–Trinajstić information content (AvgIpc) is 2.49. The lowest BCUT2D eigenvalue weighted by Crippen LogP contribution is -2.26. The van der Waals surface area contributed by atoms with Gasteiger partial charge < -0.3 is 20.7 Å². The average molecular weight is 374 g/mol. The Morgan fingerprint density at radius 1 is 1.17 bits per heavy atom. The minimum atomic E-state index is -0.473. The third-order valence-corrected chi connectivity index (χ3v) is 3.41. The van der Waals surface area contributed by atoms with Gasteiger partial charge in [-0.05, 0) is 30.9 Å². The number of nitrogens with one attached hydrogen (secondary N) is 1. The Balaban J connectivity index is 0.00000264. The molecule has 3 N–H and O–H groups in total. The number of primary amides is 1. The van der Waals surface area contributed by atoms with Crippen LogP contribution >= 0.6 is 24.8 Å². The number of nitrogens with two attached hydrogens (primary N) is 1. The summed E-state index contributed by atoms with van der Waals surface area (Å²) in [5.74, 6) is 0.231. The van der Waals surface area contributed by atoms with Crippen molar-refractivity contribution in [2.24, 2.45) is 5.73 Å². The molecule has 0 aromatic heterocycles. The second kappa shape index (κ2) is 11.1. The highest BCUT2D eigenvalue weighted by molar-refractivity contribution is 5.88. The topological polar surface area (TPSA) is 67.6 Å². The highest BCUT2D eigenvalue weighted by Gasteiger charge is 2.09. The summed E-state index contributed by atoms with van der Waals surface area (Å²) in [4.78, 5) is 13.1. The Bertz CT molecular complexity index is 651. The molecule has 0 spiro atoms. The van der Waals surface area contributed by atoms with Crippen molar-refractivity contribution in [2.45, 2.75) is 6.54 Å². The van der Waals surface area contributed by atoms with Crippen LogP contribution in [-0.2, 0) is 11.3 Å². The van der Waals surface area contributed by atoms with E-state index in [4.69, 9.17) is 10.5 Å². The Hall–Kier alpha value is -1.53. The van der Waals surface area contributed by atoms with Gasteiger partial charge in [-0.1, -0.05) is 30.3 Å². The first-order valence-corrected chi connectivity index (χ1v) is 7.35. The van der Waals surface area contributed by atoms with Crippen molar-refractivity contribution >= 4 is 41.5 Å². The van der Waals surface area contributed by atoms with E-state index in [9.17, 15) is 4.79 Å². The maximum Gasteiger partial charge on any atom is 0.255 e. The van der Waals surface area contributed by atoms with E-state index in [-0.39, 0.29) is 31.4 Å². The van der Waals surface area contributed by atoms with Crippen molar-refractivity contribution in [1.29, 1.82) is 0 Å². The van der Waals surface area contributed by atoms with E-state index < -0.39 is 5.91 Å². The zero-order valence-electron chi connectivity index (χ0n) is 14.0. The summed E-state index contributed by atoms with van der Waals surface area (Å²) in [6.07, 6.45) is 0. The van der Waals surface area contributed by atoms with Crippen LogP contribution < -0.4 is 15.8 Å². The quantitative estimate of drug-likeness (QED) is 0.696. The fourth-order valence-corrected chi connectivity index (χ4v) is 2.30. The predicted molar refractivity (Wildman–Crippen MR) is 103 cm³/mol. The monoisotopic (exact) mass is 373 g/mol. The molecule has 0 heterocycles. The molecule has 0 radical (unpaired) electrons. The fraction of sp³-hybridized carbons (Fsp3) is 0.353. The fourth-order valence-electron chi connectivity index (χ4n) is 2.30. The van der Waals surface area contributed by atoms with Gasteiger partial charge in [-0.15, -0.1) is 24.8 Å². The van der Waals surface area contributed by atoms with Crippen molar-refractivity contribution in [1.82, 2.24) is 10.2 Å². The number of likely N-dealkylation sites (N-methyl/N-ethyl adjacent to an activating group) is 1. The highest BCUT2D eigenvalue weighted by Crippen LogP contribution is 2.28. The first-order chi connectivity index (χ1) is 10.6. The van der Waals surface area contributed by atoms with Gasteiger partial charge in [0.2, 0.25) is 0 Å². The molecule has 0 aliphatic rings. The van der Waals surface area contributed by atoms with Crippen LogP contribution in [0.3, 0.4) is 0 Å². The molecule has 24 heavy (non-hydrogen) atoms. The van der Waals surface area contributed by atoms with Crippen molar-refractivity contribution in [3.05, 3.63) is 42.0 Å². The van der Waals surface area contributed by atoms with E-state index in [1.807, 2.05) is 38.4 Å². The number of fused-ring (bicyclic) bond motifs is 1. The summed E-state index contributed by atoms with van der Waals surface area (Å²) in [6.45, 7) is 2.42. The van der Waals surface area contributed by atoms with Crippen molar-refractivity contribution in [3.63, 3.8) is 0 Å². The van der Waals surface area contributed by atoms with Crippen LogP contribution in [0.15, 0.2) is 36.4 Å². The number of rotatable bonds is 8. The van der Waals surface area contributed by atoms with Gasteiger partial charge in [-0.3, -0.25) is 4.79 Å². The Morgan fingerprint density at radius 3 is 2.54 bits per heavy atom. The SMILES string of the molecule is CN(C)CCNCc1c(OCC(N)=O)ccc2ccccc12.Cl.Cl. The Labute approximate surface area is 155 Å². The highest BCUT2D eigenvalue weighted by atomic mass is 35.5. The number of hydrogen-bond donors (Lipinski definition) is 2. The third-order valence-electron chi connectivity index (χ3n) is 3.41. The summed E-state index contributed by atoms with van der Waals surface area (Å²) in [6, 6.07) is 12.0. The number of carbonyl (C=O) groups excluding carboxylic acids is 1. The molecule has 0 saturated carbocycles. The van der Waals surface area contributed by atoms with Crippen LogP contribution in [0.25, 0.3) is 10.8 Å². The molecule has 7 heteroatoms. The maximum atomic E-state index is 11.0. The van der Waals surface area contributed by atoms with Crippen LogP contribution in [-0.4, -0.2) is 44.6 Å². The molecule has 2 aromatic carbocycles. The largest absolute Gasteiger partial charge is 0.483 e. The third kappa shape index (κ3) is 6.53. The van der Waals surface area contributed by atoms with Crippen LogP contribution in [0, 0.1) is 0 Å². The zero-order chi connectivity index (χ0) is 15.9. The molecule has 1 amide bonds. The van der Waals surface area contributed by atoms with Gasteiger partial charge in [0.1, 0.15) is 5.75 Å². The van der Waals surface area contributed by atoms with Crippen molar-refractivity contribution < 1.29 is 9.53 Å². The minimum absolute atomic E-state index is 0. The number of amides is 1. The molecule has 0 unspecified atom stereocenters. The number of carbonyl (C=O) groups is 1. The number of halogens is 2. The molecule has 2 rings (SSSR count). The van der Waals surface area contributed by atoms with E-state index >= 15 is 0 Å². The number of benzene rings is 2. The number of ether oxygens (including phenoxy) is 1. The lowest BCUT2D eigenvalue weighted by Gasteiger charge is -2.15. The van der Waals surface area contributed by atoms with Gasteiger partial charge in [0.15, 0.2) is 6.61 Å². The van der Waals surface area contributed by atoms with E-state index in [2.05, 4.69) is 22.3 Å². The summed E-state index contributed by atoms with van der Waals surface area (Å²) < 4.78 is 5.56. The zero-order valence-corrected chi connectivity index (χ0v) is 15.6. The number of hydrogen-bond acceptors (Lipinski definition) is 4.